The number of nitrogens with zero attached hydrogens (tertiary/aromatic N) is 2. The third kappa shape index (κ3) is 4.06. The van der Waals surface area contributed by atoms with Crippen LogP contribution in [0.2, 0.25) is 0 Å². The minimum atomic E-state index is -1.20. The van der Waals surface area contributed by atoms with Crippen molar-refractivity contribution in [3.63, 3.8) is 0 Å². The zero-order valence-corrected chi connectivity index (χ0v) is 12.7. The van der Waals surface area contributed by atoms with Gasteiger partial charge in [0.05, 0.1) is 11.3 Å². The van der Waals surface area contributed by atoms with Crippen molar-refractivity contribution in [2.75, 3.05) is 10.6 Å². The van der Waals surface area contributed by atoms with Gasteiger partial charge in [-0.3, -0.25) is 14.9 Å². The van der Waals surface area contributed by atoms with Gasteiger partial charge in [-0.1, -0.05) is 0 Å². The maximum Gasteiger partial charge on any atom is 0.260 e. The Balaban J connectivity index is 2.37. The summed E-state index contributed by atoms with van der Waals surface area (Å²) in [6.07, 6.45) is 0. The fraction of sp³-hybridized carbons (Fsp3) is 0.200. The number of rotatable bonds is 3. The Bertz CT molecular complexity index is 773. The number of carbonyl (C=O) groups is 2. The van der Waals surface area contributed by atoms with Crippen LogP contribution in [0.5, 0.6) is 0 Å². The van der Waals surface area contributed by atoms with Crippen molar-refractivity contribution >= 4 is 23.5 Å². The van der Waals surface area contributed by atoms with Gasteiger partial charge in [-0.05, 0) is 26.0 Å². The van der Waals surface area contributed by atoms with Crippen molar-refractivity contribution in [2.24, 2.45) is 0 Å². The van der Waals surface area contributed by atoms with Gasteiger partial charge in [0.25, 0.3) is 5.91 Å². The van der Waals surface area contributed by atoms with Gasteiger partial charge in [0.15, 0.2) is 11.6 Å². The Hall–Kier alpha value is -2.90. The third-order valence-electron chi connectivity index (χ3n) is 2.82. The lowest BCUT2D eigenvalue weighted by molar-refractivity contribution is -0.114. The van der Waals surface area contributed by atoms with E-state index in [1.807, 2.05) is 0 Å². The second kappa shape index (κ2) is 6.47. The summed E-state index contributed by atoms with van der Waals surface area (Å²) < 4.78 is 26.7. The molecule has 0 bridgehead atoms. The number of carbonyl (C=O) groups excluding carboxylic acids is 2. The molecule has 8 heteroatoms. The summed E-state index contributed by atoms with van der Waals surface area (Å²) in [6.45, 7) is 4.64. The van der Waals surface area contributed by atoms with Crippen LogP contribution in [-0.4, -0.2) is 21.8 Å². The molecular weight excluding hydrogens is 306 g/mol. The summed E-state index contributed by atoms with van der Waals surface area (Å²) in [7, 11) is 0. The molecule has 0 atom stereocenters. The first-order valence-corrected chi connectivity index (χ1v) is 6.66. The van der Waals surface area contributed by atoms with Crippen LogP contribution in [0.15, 0.2) is 18.2 Å². The molecule has 0 unspecified atom stereocenters. The van der Waals surface area contributed by atoms with E-state index in [0.717, 1.165) is 6.07 Å². The number of aryl methyl sites for hydroxylation is 2. The van der Waals surface area contributed by atoms with E-state index in [2.05, 4.69) is 20.6 Å². The average Bonchev–Trinajstić information content (AvgIpc) is 2.40. The molecule has 0 saturated carbocycles. The van der Waals surface area contributed by atoms with Crippen molar-refractivity contribution in [1.29, 1.82) is 0 Å². The molecule has 1 aromatic carbocycles. The minimum absolute atomic E-state index is 0.0333. The highest BCUT2D eigenvalue weighted by Crippen LogP contribution is 2.21. The van der Waals surface area contributed by atoms with Crippen molar-refractivity contribution in [3.8, 4) is 0 Å². The van der Waals surface area contributed by atoms with E-state index in [-0.39, 0.29) is 17.2 Å². The van der Waals surface area contributed by atoms with E-state index < -0.39 is 23.4 Å². The fourth-order valence-corrected chi connectivity index (χ4v) is 1.98. The number of hydrogen-bond donors (Lipinski definition) is 2. The highest BCUT2D eigenvalue weighted by molar-refractivity contribution is 6.09. The standard InChI is InChI=1S/C15H14F2N4O2/c1-7-4-8(2)19-15(18-7)21-14(23)10-5-11(16)12(17)6-13(10)20-9(3)22/h4-6H,1-3H3,(H,20,22)(H,18,19,21,23). The van der Waals surface area contributed by atoms with Crippen LogP contribution in [0, 0.1) is 25.5 Å². The smallest absolute Gasteiger partial charge is 0.260 e. The first kappa shape index (κ1) is 16.5. The molecule has 2 amide bonds. The van der Waals surface area contributed by atoms with Crippen LogP contribution < -0.4 is 10.6 Å². The zero-order chi connectivity index (χ0) is 17.1. The van der Waals surface area contributed by atoms with Crippen molar-refractivity contribution in [1.82, 2.24) is 9.97 Å². The monoisotopic (exact) mass is 320 g/mol. The van der Waals surface area contributed by atoms with E-state index in [4.69, 9.17) is 0 Å². The largest absolute Gasteiger partial charge is 0.325 e. The topological polar surface area (TPSA) is 84.0 Å². The molecule has 0 fully saturated rings. The Morgan fingerprint density at radius 1 is 0.957 bits per heavy atom. The summed E-state index contributed by atoms with van der Waals surface area (Å²) in [4.78, 5) is 31.5. The molecule has 1 aromatic heterocycles. The maximum absolute atomic E-state index is 13.4. The number of aromatic nitrogens is 2. The molecule has 23 heavy (non-hydrogen) atoms. The van der Waals surface area contributed by atoms with E-state index in [9.17, 15) is 18.4 Å². The molecule has 0 aliphatic carbocycles. The molecular formula is C15H14F2N4O2. The van der Waals surface area contributed by atoms with Gasteiger partial charge >= 0.3 is 0 Å². The molecule has 1 heterocycles. The van der Waals surface area contributed by atoms with Crippen LogP contribution in [-0.2, 0) is 4.79 Å². The van der Waals surface area contributed by atoms with Crippen molar-refractivity contribution in [3.05, 3.63) is 46.8 Å². The van der Waals surface area contributed by atoms with Crippen LogP contribution in [0.4, 0.5) is 20.4 Å². The van der Waals surface area contributed by atoms with E-state index in [0.29, 0.717) is 17.5 Å². The number of anilines is 2. The van der Waals surface area contributed by atoms with Gasteiger partial charge in [0.2, 0.25) is 11.9 Å². The first-order valence-electron chi connectivity index (χ1n) is 6.66. The lowest BCUT2D eigenvalue weighted by Crippen LogP contribution is -2.19. The summed E-state index contributed by atoms with van der Waals surface area (Å²) in [5.41, 5.74) is 0.903. The molecule has 2 rings (SSSR count). The lowest BCUT2D eigenvalue weighted by atomic mass is 10.1. The number of hydrogen-bond acceptors (Lipinski definition) is 4. The first-order chi connectivity index (χ1) is 10.8. The second-order valence-electron chi connectivity index (χ2n) is 4.92. The average molecular weight is 320 g/mol. The maximum atomic E-state index is 13.4. The predicted octanol–water partition coefficient (Wildman–Crippen LogP) is 2.58. The molecule has 0 radical (unpaired) electrons. The van der Waals surface area contributed by atoms with Crippen molar-refractivity contribution < 1.29 is 18.4 Å². The normalized spacial score (nSPS) is 10.3. The molecule has 0 spiro atoms. The lowest BCUT2D eigenvalue weighted by Gasteiger charge is -2.11. The van der Waals surface area contributed by atoms with Crippen LogP contribution in [0.1, 0.15) is 28.7 Å². The molecule has 120 valence electrons. The second-order valence-corrected chi connectivity index (χ2v) is 4.92. The minimum Gasteiger partial charge on any atom is -0.325 e. The number of halogens is 2. The van der Waals surface area contributed by atoms with Crippen LogP contribution >= 0.6 is 0 Å². The Morgan fingerprint density at radius 3 is 2.09 bits per heavy atom. The Labute approximate surface area is 131 Å². The highest BCUT2D eigenvalue weighted by atomic mass is 19.2. The zero-order valence-electron chi connectivity index (χ0n) is 12.7. The Morgan fingerprint density at radius 2 is 1.52 bits per heavy atom. The molecule has 2 aromatic rings. The molecule has 2 N–H and O–H groups in total. The van der Waals surface area contributed by atoms with Gasteiger partial charge in [-0.2, -0.15) is 0 Å². The van der Waals surface area contributed by atoms with Crippen LogP contribution in [0.25, 0.3) is 0 Å². The van der Waals surface area contributed by atoms with Gasteiger partial charge in [0, 0.05) is 24.4 Å². The van der Waals surface area contributed by atoms with E-state index in [1.54, 1.807) is 19.9 Å². The summed E-state index contributed by atoms with van der Waals surface area (Å²) in [5, 5.41) is 4.68. The quantitative estimate of drug-likeness (QED) is 0.910. The van der Waals surface area contributed by atoms with E-state index in [1.165, 1.54) is 6.92 Å². The molecule has 0 aliphatic heterocycles. The van der Waals surface area contributed by atoms with Gasteiger partial charge in [0.1, 0.15) is 0 Å². The number of benzene rings is 1. The summed E-state index contributed by atoms with van der Waals surface area (Å²) in [6, 6.07) is 3.17. The third-order valence-corrected chi connectivity index (χ3v) is 2.82. The van der Waals surface area contributed by atoms with E-state index >= 15 is 0 Å². The fourth-order valence-electron chi connectivity index (χ4n) is 1.98. The molecule has 0 aliphatic rings. The summed E-state index contributed by atoms with van der Waals surface area (Å²) >= 11 is 0. The predicted molar refractivity (Wildman–Crippen MR) is 80.1 cm³/mol. The van der Waals surface area contributed by atoms with Crippen molar-refractivity contribution in [2.45, 2.75) is 20.8 Å². The highest BCUT2D eigenvalue weighted by Gasteiger charge is 2.18. The number of nitrogens with one attached hydrogen (secondary N) is 2. The molecule has 6 nitrogen and oxygen atoms in total. The van der Waals surface area contributed by atoms with Gasteiger partial charge in [-0.15, -0.1) is 0 Å². The van der Waals surface area contributed by atoms with Gasteiger partial charge < -0.3 is 5.32 Å². The summed E-state index contributed by atoms with van der Waals surface area (Å²) in [5.74, 6) is -3.63. The molecule has 0 saturated heterocycles. The Kier molecular flexibility index (Phi) is 4.63. The SMILES string of the molecule is CC(=O)Nc1cc(F)c(F)cc1C(=O)Nc1nc(C)cc(C)n1. The number of amides is 2. The van der Waals surface area contributed by atoms with Gasteiger partial charge in [-0.25, -0.2) is 18.7 Å². The van der Waals surface area contributed by atoms with Crippen LogP contribution in [0.3, 0.4) is 0 Å².